The summed E-state index contributed by atoms with van der Waals surface area (Å²) in [4.78, 5) is 11.7. The quantitative estimate of drug-likeness (QED) is 0.724. The fraction of sp³-hybridized carbons (Fsp3) is 0.562. The third-order valence-corrected chi connectivity index (χ3v) is 4.92. The molecule has 1 saturated carbocycles. The lowest BCUT2D eigenvalue weighted by Crippen LogP contribution is -2.54. The Kier molecular flexibility index (Phi) is 5.11. The van der Waals surface area contributed by atoms with E-state index in [-0.39, 0.29) is 5.91 Å². The van der Waals surface area contributed by atoms with Crippen LogP contribution in [0.15, 0.2) is 24.3 Å². The van der Waals surface area contributed by atoms with E-state index >= 15 is 0 Å². The lowest BCUT2D eigenvalue weighted by Gasteiger charge is -2.27. The summed E-state index contributed by atoms with van der Waals surface area (Å²) in [5.74, 6) is 1.69. The first-order chi connectivity index (χ1) is 9.51. The van der Waals surface area contributed by atoms with Crippen LogP contribution in [-0.2, 0) is 10.5 Å². The molecule has 1 amide bonds. The lowest BCUT2D eigenvalue weighted by molar-refractivity contribution is -0.124. The highest BCUT2D eigenvalue weighted by Gasteiger charge is 2.36. The summed E-state index contributed by atoms with van der Waals surface area (Å²) < 4.78 is 0. The first kappa shape index (κ1) is 15.4. The first-order valence-corrected chi connectivity index (χ1v) is 8.36. The maximum atomic E-state index is 11.7. The van der Waals surface area contributed by atoms with Crippen molar-refractivity contribution in [3.63, 3.8) is 0 Å². The van der Waals surface area contributed by atoms with Crippen LogP contribution in [0.1, 0.15) is 37.3 Å². The molecule has 110 valence electrons. The van der Waals surface area contributed by atoms with Gasteiger partial charge in [0.05, 0.1) is 5.54 Å². The normalized spacial score (nSPS) is 17.7. The molecule has 0 saturated heterocycles. The number of thioether (sulfide) groups is 1. The minimum atomic E-state index is -0.556. The lowest BCUT2D eigenvalue weighted by atomic mass is 9.98. The van der Waals surface area contributed by atoms with Gasteiger partial charge in [-0.1, -0.05) is 24.3 Å². The molecule has 2 rings (SSSR count). The van der Waals surface area contributed by atoms with E-state index in [0.29, 0.717) is 6.04 Å². The monoisotopic (exact) mass is 292 g/mol. The second-order valence-electron chi connectivity index (χ2n) is 5.84. The van der Waals surface area contributed by atoms with Gasteiger partial charge in [-0.2, -0.15) is 11.8 Å². The number of primary amides is 1. The van der Waals surface area contributed by atoms with Crippen LogP contribution in [-0.4, -0.2) is 23.2 Å². The Balaban J connectivity index is 1.78. The van der Waals surface area contributed by atoms with Crippen molar-refractivity contribution in [2.75, 3.05) is 5.75 Å². The average Bonchev–Trinajstić information content (AvgIpc) is 3.20. The first-order valence-electron chi connectivity index (χ1n) is 7.21. The van der Waals surface area contributed by atoms with Crippen molar-refractivity contribution in [3.8, 4) is 0 Å². The number of carbonyl (C=O) groups excluding carboxylic acids is 1. The van der Waals surface area contributed by atoms with Crippen LogP contribution in [0.25, 0.3) is 0 Å². The van der Waals surface area contributed by atoms with Crippen molar-refractivity contribution < 1.29 is 4.79 Å². The largest absolute Gasteiger partial charge is 0.368 e. The summed E-state index contributed by atoms with van der Waals surface area (Å²) >= 11 is 1.86. The van der Waals surface area contributed by atoms with E-state index in [0.717, 1.165) is 17.9 Å². The molecule has 1 fully saturated rings. The van der Waals surface area contributed by atoms with Crippen LogP contribution in [0.4, 0.5) is 0 Å². The Hall–Kier alpha value is -1.00. The molecular formula is C16H24N2OS. The molecule has 0 bridgehead atoms. The predicted octanol–water partition coefficient (Wildman–Crippen LogP) is 2.61. The second kappa shape index (κ2) is 6.64. The van der Waals surface area contributed by atoms with E-state index in [9.17, 15) is 4.79 Å². The van der Waals surface area contributed by atoms with E-state index in [1.165, 1.54) is 24.0 Å². The topological polar surface area (TPSA) is 55.1 Å². The minimum absolute atomic E-state index is 0.235. The Morgan fingerprint density at radius 2 is 2.15 bits per heavy atom. The molecule has 3 nitrogen and oxygen atoms in total. The number of nitrogens with two attached hydrogens (primary N) is 1. The molecule has 0 radical (unpaired) electrons. The van der Waals surface area contributed by atoms with Gasteiger partial charge in [-0.05, 0) is 50.0 Å². The fourth-order valence-corrected chi connectivity index (χ4v) is 3.42. The fourth-order valence-electron chi connectivity index (χ4n) is 2.18. The van der Waals surface area contributed by atoms with Crippen molar-refractivity contribution in [3.05, 3.63) is 35.4 Å². The van der Waals surface area contributed by atoms with Crippen molar-refractivity contribution >= 4 is 17.7 Å². The highest BCUT2D eigenvalue weighted by molar-refractivity contribution is 7.98. The number of hydrogen-bond donors (Lipinski definition) is 2. The van der Waals surface area contributed by atoms with E-state index in [1.54, 1.807) is 0 Å². The molecule has 1 aromatic carbocycles. The molecule has 1 aromatic rings. The summed E-state index contributed by atoms with van der Waals surface area (Å²) in [7, 11) is 0. The van der Waals surface area contributed by atoms with Crippen LogP contribution in [0.2, 0.25) is 0 Å². The van der Waals surface area contributed by atoms with Gasteiger partial charge in [0, 0.05) is 11.8 Å². The molecular weight excluding hydrogens is 268 g/mol. The summed E-state index contributed by atoms with van der Waals surface area (Å²) in [6, 6.07) is 8.93. The van der Waals surface area contributed by atoms with Gasteiger partial charge in [0.25, 0.3) is 0 Å². The predicted molar refractivity (Wildman–Crippen MR) is 85.7 cm³/mol. The van der Waals surface area contributed by atoms with Crippen LogP contribution >= 0.6 is 11.8 Å². The summed E-state index contributed by atoms with van der Waals surface area (Å²) in [5, 5.41) is 3.39. The molecule has 1 atom stereocenters. The minimum Gasteiger partial charge on any atom is -0.368 e. The van der Waals surface area contributed by atoms with Gasteiger partial charge in [0.15, 0.2) is 0 Å². The number of hydrogen-bond acceptors (Lipinski definition) is 3. The number of carbonyl (C=O) groups is 1. The van der Waals surface area contributed by atoms with Gasteiger partial charge >= 0.3 is 0 Å². The Bertz CT molecular complexity index is 473. The Morgan fingerprint density at radius 3 is 2.75 bits per heavy atom. The Morgan fingerprint density at radius 1 is 1.45 bits per heavy atom. The molecule has 0 heterocycles. The number of benzene rings is 1. The number of aryl methyl sites for hydroxylation is 1. The maximum Gasteiger partial charge on any atom is 0.237 e. The Labute approximate surface area is 125 Å². The number of rotatable bonds is 8. The highest BCUT2D eigenvalue weighted by atomic mass is 32.2. The molecule has 0 aromatic heterocycles. The van der Waals surface area contributed by atoms with Crippen molar-refractivity contribution in [2.24, 2.45) is 5.73 Å². The van der Waals surface area contributed by atoms with Gasteiger partial charge in [-0.15, -0.1) is 0 Å². The van der Waals surface area contributed by atoms with Crippen molar-refractivity contribution in [1.82, 2.24) is 5.32 Å². The zero-order valence-electron chi connectivity index (χ0n) is 12.3. The standard InChI is InChI=1S/C16H24N2OS/c1-12-5-3-4-6-13(12)11-20-10-9-16(2,15(17)19)18-14-7-8-14/h3-6,14,18H,7-11H2,1-2H3,(H2,17,19). The van der Waals surface area contributed by atoms with E-state index < -0.39 is 5.54 Å². The van der Waals surface area contributed by atoms with Crippen LogP contribution in [0.3, 0.4) is 0 Å². The molecule has 1 aliphatic rings. The average molecular weight is 292 g/mol. The summed E-state index contributed by atoms with van der Waals surface area (Å²) in [6.45, 7) is 4.07. The van der Waals surface area contributed by atoms with Gasteiger partial charge in [-0.3, -0.25) is 4.79 Å². The molecule has 0 spiro atoms. The molecule has 4 heteroatoms. The van der Waals surface area contributed by atoms with Crippen LogP contribution in [0, 0.1) is 6.92 Å². The van der Waals surface area contributed by atoms with Crippen LogP contribution in [0.5, 0.6) is 0 Å². The second-order valence-corrected chi connectivity index (χ2v) is 6.95. The molecule has 3 N–H and O–H groups in total. The van der Waals surface area contributed by atoms with Gasteiger partial charge in [0.1, 0.15) is 0 Å². The molecule has 0 aliphatic heterocycles. The van der Waals surface area contributed by atoms with Crippen LogP contribution < -0.4 is 11.1 Å². The highest BCUT2D eigenvalue weighted by Crippen LogP contribution is 2.25. The molecule has 1 unspecified atom stereocenters. The van der Waals surface area contributed by atoms with Crippen molar-refractivity contribution in [1.29, 1.82) is 0 Å². The smallest absolute Gasteiger partial charge is 0.237 e. The summed E-state index contributed by atoms with van der Waals surface area (Å²) in [6.07, 6.45) is 3.12. The summed E-state index contributed by atoms with van der Waals surface area (Å²) in [5.41, 5.74) is 7.69. The number of nitrogens with one attached hydrogen (secondary N) is 1. The van der Waals surface area contributed by atoms with E-state index in [2.05, 4.69) is 36.5 Å². The van der Waals surface area contributed by atoms with Crippen molar-refractivity contribution in [2.45, 2.75) is 50.4 Å². The van der Waals surface area contributed by atoms with E-state index in [4.69, 9.17) is 5.73 Å². The molecule has 20 heavy (non-hydrogen) atoms. The number of amides is 1. The van der Waals surface area contributed by atoms with Gasteiger partial charge in [-0.25, -0.2) is 0 Å². The third-order valence-electron chi connectivity index (χ3n) is 3.91. The zero-order chi connectivity index (χ0) is 14.6. The SMILES string of the molecule is Cc1ccccc1CSCCC(C)(NC1CC1)C(N)=O. The zero-order valence-corrected chi connectivity index (χ0v) is 13.1. The van der Waals surface area contributed by atoms with Gasteiger partial charge in [0.2, 0.25) is 5.91 Å². The third kappa shape index (κ3) is 4.25. The van der Waals surface area contributed by atoms with Gasteiger partial charge < -0.3 is 11.1 Å². The van der Waals surface area contributed by atoms with E-state index in [1.807, 2.05) is 18.7 Å². The molecule has 1 aliphatic carbocycles. The maximum absolute atomic E-state index is 11.7.